The fraction of sp³-hybridized carbons (Fsp3) is 0.800. The van der Waals surface area contributed by atoms with Crippen molar-refractivity contribution < 1.29 is 14.7 Å². The zero-order valence-electron chi connectivity index (χ0n) is 8.69. The van der Waals surface area contributed by atoms with Gasteiger partial charge < -0.3 is 10.0 Å². The minimum Gasteiger partial charge on any atom is -0.480 e. The van der Waals surface area contributed by atoms with Gasteiger partial charge in [0.2, 0.25) is 5.91 Å². The van der Waals surface area contributed by atoms with Gasteiger partial charge in [-0.2, -0.15) is 0 Å². The van der Waals surface area contributed by atoms with Crippen LogP contribution in [0, 0.1) is 5.92 Å². The summed E-state index contributed by atoms with van der Waals surface area (Å²) in [5.41, 5.74) is 0. The molecule has 0 spiro atoms. The number of carbonyl (C=O) groups excluding carboxylic acids is 1. The Morgan fingerprint density at radius 3 is 2.57 bits per heavy atom. The zero-order chi connectivity index (χ0) is 10.7. The first-order chi connectivity index (χ1) is 6.57. The van der Waals surface area contributed by atoms with Crippen LogP contribution in [0.25, 0.3) is 0 Å². The first kappa shape index (κ1) is 11.0. The lowest BCUT2D eigenvalue weighted by Crippen LogP contribution is -2.42. The summed E-state index contributed by atoms with van der Waals surface area (Å²) in [5, 5.41) is 9.04. The normalized spacial score (nSPS) is 26.6. The maximum atomic E-state index is 11.2. The highest BCUT2D eigenvalue weighted by Gasteiger charge is 2.39. The molecule has 4 heteroatoms. The van der Waals surface area contributed by atoms with Crippen molar-refractivity contribution in [1.82, 2.24) is 4.90 Å². The Labute approximate surface area is 83.9 Å². The second kappa shape index (κ2) is 4.44. The molecule has 1 amide bonds. The molecule has 0 aliphatic carbocycles. The van der Waals surface area contributed by atoms with E-state index in [1.807, 2.05) is 6.92 Å². The lowest BCUT2D eigenvalue weighted by atomic mass is 9.95. The Morgan fingerprint density at radius 2 is 2.14 bits per heavy atom. The summed E-state index contributed by atoms with van der Waals surface area (Å²) in [6, 6.07) is -0.590. The van der Waals surface area contributed by atoms with Gasteiger partial charge in [0.1, 0.15) is 6.04 Å². The van der Waals surface area contributed by atoms with Gasteiger partial charge in [0.05, 0.1) is 0 Å². The van der Waals surface area contributed by atoms with Crippen LogP contribution in [0.1, 0.15) is 33.1 Å². The zero-order valence-corrected chi connectivity index (χ0v) is 8.69. The molecule has 2 atom stereocenters. The molecule has 2 unspecified atom stereocenters. The van der Waals surface area contributed by atoms with E-state index in [0.717, 1.165) is 19.3 Å². The van der Waals surface area contributed by atoms with E-state index >= 15 is 0 Å². The number of nitrogens with zero attached hydrogens (tertiary/aromatic N) is 1. The van der Waals surface area contributed by atoms with Crippen molar-refractivity contribution in [3.05, 3.63) is 0 Å². The van der Waals surface area contributed by atoms with E-state index in [4.69, 9.17) is 5.11 Å². The van der Waals surface area contributed by atoms with Crippen molar-refractivity contribution in [3.63, 3.8) is 0 Å². The average Bonchev–Trinajstić information content (AvgIpc) is 2.48. The molecule has 0 saturated carbocycles. The number of hydrogen-bond acceptors (Lipinski definition) is 2. The molecule has 0 aromatic heterocycles. The summed E-state index contributed by atoms with van der Waals surface area (Å²) in [4.78, 5) is 23.7. The fourth-order valence-electron chi connectivity index (χ4n) is 2.22. The number of carboxylic acid groups (broad SMARTS) is 1. The molecule has 1 rings (SSSR count). The number of hydrogen-bond donors (Lipinski definition) is 1. The molecule has 80 valence electrons. The maximum Gasteiger partial charge on any atom is 0.326 e. The van der Waals surface area contributed by atoms with Crippen LogP contribution < -0.4 is 0 Å². The van der Waals surface area contributed by atoms with E-state index in [9.17, 15) is 9.59 Å². The van der Waals surface area contributed by atoms with Crippen molar-refractivity contribution in [2.75, 3.05) is 6.54 Å². The molecule has 1 aliphatic rings. The van der Waals surface area contributed by atoms with Crippen molar-refractivity contribution >= 4 is 11.9 Å². The van der Waals surface area contributed by atoms with Crippen LogP contribution in [-0.4, -0.2) is 34.5 Å². The number of carbonyl (C=O) groups is 2. The van der Waals surface area contributed by atoms with Gasteiger partial charge in [-0.05, 0) is 18.8 Å². The predicted octanol–water partition coefficient (Wildman–Crippen LogP) is 1.11. The minimum absolute atomic E-state index is 0.129. The number of aliphatic carboxylic acids is 1. The summed E-state index contributed by atoms with van der Waals surface area (Å²) < 4.78 is 0. The Bertz CT molecular complexity index is 240. The smallest absolute Gasteiger partial charge is 0.326 e. The highest BCUT2D eigenvalue weighted by molar-refractivity contribution is 5.83. The van der Waals surface area contributed by atoms with E-state index in [1.54, 1.807) is 0 Å². The van der Waals surface area contributed by atoms with Crippen molar-refractivity contribution in [1.29, 1.82) is 0 Å². The van der Waals surface area contributed by atoms with Gasteiger partial charge in [-0.3, -0.25) is 4.79 Å². The third-order valence-corrected chi connectivity index (χ3v) is 2.84. The standard InChI is InChI=1S/C10H17NO3/c1-3-4-8-5-6-11(7(2)12)9(8)10(13)14/h8-9H,3-6H2,1-2H3,(H,13,14). The monoisotopic (exact) mass is 199 g/mol. The van der Waals surface area contributed by atoms with E-state index in [2.05, 4.69) is 0 Å². The summed E-state index contributed by atoms with van der Waals surface area (Å²) in [7, 11) is 0. The van der Waals surface area contributed by atoms with Gasteiger partial charge in [0.15, 0.2) is 0 Å². The first-order valence-corrected chi connectivity index (χ1v) is 5.08. The largest absolute Gasteiger partial charge is 0.480 e. The van der Waals surface area contributed by atoms with Crippen LogP contribution in [0.15, 0.2) is 0 Å². The Balaban J connectivity index is 2.74. The van der Waals surface area contributed by atoms with Gasteiger partial charge in [0, 0.05) is 13.5 Å². The van der Waals surface area contributed by atoms with Gasteiger partial charge in [-0.1, -0.05) is 13.3 Å². The van der Waals surface area contributed by atoms with E-state index < -0.39 is 12.0 Å². The molecule has 1 heterocycles. The maximum absolute atomic E-state index is 11.2. The number of carboxylic acids is 1. The quantitative estimate of drug-likeness (QED) is 0.740. The molecule has 4 nitrogen and oxygen atoms in total. The Kier molecular flexibility index (Phi) is 3.49. The summed E-state index contributed by atoms with van der Waals surface area (Å²) >= 11 is 0. The molecule has 0 aromatic carbocycles. The van der Waals surface area contributed by atoms with Crippen molar-refractivity contribution in [2.45, 2.75) is 39.2 Å². The summed E-state index contributed by atoms with van der Waals surface area (Å²) in [5.74, 6) is -0.853. The van der Waals surface area contributed by atoms with Gasteiger partial charge >= 0.3 is 5.97 Å². The molecule has 1 N–H and O–H groups in total. The van der Waals surface area contributed by atoms with Crippen LogP contribution in [0.2, 0.25) is 0 Å². The third-order valence-electron chi connectivity index (χ3n) is 2.84. The summed E-state index contributed by atoms with van der Waals surface area (Å²) in [6.45, 7) is 4.07. The molecular formula is C10H17NO3. The molecular weight excluding hydrogens is 182 g/mol. The van der Waals surface area contributed by atoms with Gasteiger partial charge in [0.25, 0.3) is 0 Å². The van der Waals surface area contributed by atoms with E-state index in [1.165, 1.54) is 11.8 Å². The highest BCUT2D eigenvalue weighted by Crippen LogP contribution is 2.28. The number of amides is 1. The first-order valence-electron chi connectivity index (χ1n) is 5.08. The summed E-state index contributed by atoms with van der Waals surface area (Å²) in [6.07, 6.45) is 2.69. The number of likely N-dealkylation sites (tertiary alicyclic amines) is 1. The second-order valence-corrected chi connectivity index (χ2v) is 3.83. The average molecular weight is 199 g/mol. The van der Waals surface area contributed by atoms with E-state index in [0.29, 0.717) is 6.54 Å². The predicted molar refractivity (Wildman–Crippen MR) is 51.8 cm³/mol. The highest BCUT2D eigenvalue weighted by atomic mass is 16.4. The lowest BCUT2D eigenvalue weighted by Gasteiger charge is -2.23. The van der Waals surface area contributed by atoms with Gasteiger partial charge in [-0.15, -0.1) is 0 Å². The molecule has 0 aromatic rings. The van der Waals surface area contributed by atoms with Crippen LogP contribution in [0.3, 0.4) is 0 Å². The van der Waals surface area contributed by atoms with E-state index in [-0.39, 0.29) is 11.8 Å². The SMILES string of the molecule is CCCC1CCN(C(C)=O)C1C(=O)O. The molecule has 0 radical (unpaired) electrons. The van der Waals surface area contributed by atoms with Crippen LogP contribution in [0.4, 0.5) is 0 Å². The lowest BCUT2D eigenvalue weighted by molar-refractivity contribution is -0.148. The molecule has 0 bridgehead atoms. The minimum atomic E-state index is -0.865. The van der Waals surface area contributed by atoms with Crippen molar-refractivity contribution in [2.24, 2.45) is 5.92 Å². The molecule has 14 heavy (non-hydrogen) atoms. The molecule has 1 saturated heterocycles. The number of rotatable bonds is 3. The fourth-order valence-corrected chi connectivity index (χ4v) is 2.22. The Hall–Kier alpha value is -1.06. The second-order valence-electron chi connectivity index (χ2n) is 3.83. The van der Waals surface area contributed by atoms with Crippen LogP contribution in [-0.2, 0) is 9.59 Å². The Morgan fingerprint density at radius 1 is 1.50 bits per heavy atom. The topological polar surface area (TPSA) is 57.6 Å². The van der Waals surface area contributed by atoms with Gasteiger partial charge in [-0.25, -0.2) is 4.79 Å². The van der Waals surface area contributed by atoms with Crippen LogP contribution >= 0.6 is 0 Å². The molecule has 1 fully saturated rings. The van der Waals surface area contributed by atoms with Crippen molar-refractivity contribution in [3.8, 4) is 0 Å². The van der Waals surface area contributed by atoms with Crippen LogP contribution in [0.5, 0.6) is 0 Å². The third kappa shape index (κ3) is 2.05. The molecule has 1 aliphatic heterocycles.